The summed E-state index contributed by atoms with van der Waals surface area (Å²) >= 11 is 0. The van der Waals surface area contributed by atoms with Gasteiger partial charge in [-0.25, -0.2) is 0 Å². The van der Waals surface area contributed by atoms with Gasteiger partial charge in [0.15, 0.2) is 5.96 Å². The van der Waals surface area contributed by atoms with Crippen molar-refractivity contribution in [1.29, 1.82) is 0 Å². The normalized spacial score (nSPS) is 27.4. The van der Waals surface area contributed by atoms with Gasteiger partial charge in [0.1, 0.15) is 0 Å². The minimum atomic E-state index is 0.509. The number of anilines is 1. The Morgan fingerprint density at radius 2 is 2.12 bits per heavy atom. The molecule has 1 N–H and O–H groups in total. The second-order valence-electron chi connectivity index (χ2n) is 5.05. The molecular weight excluding hydrogens is 210 g/mol. The van der Waals surface area contributed by atoms with Gasteiger partial charge in [0.05, 0.1) is 6.54 Å². The molecule has 0 fully saturated rings. The highest BCUT2D eigenvalue weighted by Crippen LogP contribution is 2.33. The van der Waals surface area contributed by atoms with Crippen LogP contribution in [0.3, 0.4) is 0 Å². The third-order valence-electron chi connectivity index (χ3n) is 3.91. The van der Waals surface area contributed by atoms with Crippen molar-refractivity contribution >= 4 is 11.6 Å². The Hall–Kier alpha value is -1.51. The van der Waals surface area contributed by atoms with Gasteiger partial charge in [-0.2, -0.15) is 0 Å². The van der Waals surface area contributed by atoms with Gasteiger partial charge in [0.2, 0.25) is 0 Å². The zero-order chi connectivity index (χ0) is 11.8. The van der Waals surface area contributed by atoms with E-state index >= 15 is 0 Å². The molecule has 3 rings (SSSR count). The lowest BCUT2D eigenvalue weighted by atomic mass is 9.88. The summed E-state index contributed by atoms with van der Waals surface area (Å²) in [5.41, 5.74) is 2.76. The van der Waals surface area contributed by atoms with Gasteiger partial charge in [-0.3, -0.25) is 4.99 Å². The van der Waals surface area contributed by atoms with Crippen molar-refractivity contribution in [3.05, 3.63) is 29.8 Å². The Balaban J connectivity index is 2.05. The molecule has 2 aliphatic heterocycles. The molecule has 0 radical (unpaired) electrons. The van der Waals surface area contributed by atoms with Gasteiger partial charge in [-0.1, -0.05) is 25.1 Å². The number of benzene rings is 1. The molecule has 90 valence electrons. The van der Waals surface area contributed by atoms with Crippen LogP contribution in [0.5, 0.6) is 0 Å². The number of fused-ring (bicyclic) bond motifs is 1. The highest BCUT2D eigenvalue weighted by Gasteiger charge is 2.32. The van der Waals surface area contributed by atoms with E-state index in [1.165, 1.54) is 17.7 Å². The van der Waals surface area contributed by atoms with Crippen molar-refractivity contribution in [2.75, 3.05) is 18.0 Å². The van der Waals surface area contributed by atoms with Crippen molar-refractivity contribution in [1.82, 2.24) is 5.32 Å². The molecule has 0 aliphatic carbocycles. The Morgan fingerprint density at radius 1 is 1.29 bits per heavy atom. The number of hydrogen-bond donors (Lipinski definition) is 1. The zero-order valence-corrected chi connectivity index (χ0v) is 10.5. The van der Waals surface area contributed by atoms with E-state index in [-0.39, 0.29) is 0 Å². The number of hydrogen-bond acceptors (Lipinski definition) is 3. The smallest absolute Gasteiger partial charge is 0.198 e. The standard InChI is InChI=1S/C14H19N3/c1-10-9-12-5-3-4-6-13(12)17(11(10)2)14-15-7-8-16-14/h3-6,10-11H,7-9H2,1-2H3,(H,15,16). The van der Waals surface area contributed by atoms with Crippen LogP contribution in [0.4, 0.5) is 5.69 Å². The Bertz CT molecular complexity index is 453. The van der Waals surface area contributed by atoms with Crippen LogP contribution in [-0.2, 0) is 6.42 Å². The van der Waals surface area contributed by atoms with Gasteiger partial charge in [0.25, 0.3) is 0 Å². The predicted octanol–water partition coefficient (Wildman–Crippen LogP) is 2.03. The number of rotatable bonds is 0. The van der Waals surface area contributed by atoms with E-state index in [0.29, 0.717) is 12.0 Å². The number of guanidine groups is 1. The largest absolute Gasteiger partial charge is 0.354 e. The number of aliphatic imine (C=N–C) groups is 1. The Labute approximate surface area is 103 Å². The van der Waals surface area contributed by atoms with Crippen molar-refractivity contribution in [2.45, 2.75) is 26.3 Å². The van der Waals surface area contributed by atoms with Crippen LogP contribution in [0.1, 0.15) is 19.4 Å². The molecular formula is C14H19N3. The summed E-state index contributed by atoms with van der Waals surface area (Å²) in [6, 6.07) is 9.20. The molecule has 2 unspecified atom stereocenters. The average molecular weight is 229 g/mol. The molecule has 0 saturated heterocycles. The number of para-hydroxylation sites is 1. The van der Waals surface area contributed by atoms with Crippen molar-refractivity contribution in [3.8, 4) is 0 Å². The van der Waals surface area contributed by atoms with Crippen LogP contribution < -0.4 is 10.2 Å². The molecule has 3 nitrogen and oxygen atoms in total. The van der Waals surface area contributed by atoms with E-state index in [9.17, 15) is 0 Å². The summed E-state index contributed by atoms with van der Waals surface area (Å²) in [5, 5.41) is 3.39. The monoisotopic (exact) mass is 229 g/mol. The van der Waals surface area contributed by atoms with Crippen LogP contribution in [0, 0.1) is 5.92 Å². The first kappa shape index (κ1) is 10.6. The molecule has 1 aromatic carbocycles. The van der Waals surface area contributed by atoms with Crippen LogP contribution in [-0.4, -0.2) is 25.1 Å². The molecule has 3 heteroatoms. The topological polar surface area (TPSA) is 27.6 Å². The highest BCUT2D eigenvalue weighted by molar-refractivity contribution is 5.98. The molecule has 0 amide bonds. The average Bonchev–Trinajstić information content (AvgIpc) is 2.84. The molecule has 17 heavy (non-hydrogen) atoms. The van der Waals surface area contributed by atoms with Crippen LogP contribution in [0.2, 0.25) is 0 Å². The van der Waals surface area contributed by atoms with Gasteiger partial charge in [-0.05, 0) is 30.9 Å². The molecule has 2 aliphatic rings. The Morgan fingerprint density at radius 3 is 2.88 bits per heavy atom. The summed E-state index contributed by atoms with van der Waals surface area (Å²) in [6.07, 6.45) is 1.17. The Kier molecular flexibility index (Phi) is 2.54. The van der Waals surface area contributed by atoms with Crippen LogP contribution in [0.15, 0.2) is 29.3 Å². The molecule has 0 saturated carbocycles. The summed E-state index contributed by atoms with van der Waals surface area (Å²) in [6.45, 7) is 6.48. The van der Waals surface area contributed by atoms with Crippen molar-refractivity contribution < 1.29 is 0 Å². The minimum Gasteiger partial charge on any atom is -0.354 e. The maximum absolute atomic E-state index is 4.57. The van der Waals surface area contributed by atoms with Crippen LogP contribution >= 0.6 is 0 Å². The van der Waals surface area contributed by atoms with Gasteiger partial charge in [0, 0.05) is 18.3 Å². The quantitative estimate of drug-likeness (QED) is 0.737. The zero-order valence-electron chi connectivity index (χ0n) is 10.5. The summed E-state index contributed by atoms with van der Waals surface area (Å²) < 4.78 is 0. The SMILES string of the molecule is CC1Cc2ccccc2N(C2=NCCN2)C1C. The lowest BCUT2D eigenvalue weighted by molar-refractivity contribution is 0.458. The minimum absolute atomic E-state index is 0.509. The number of nitrogens with zero attached hydrogens (tertiary/aromatic N) is 2. The summed E-state index contributed by atoms with van der Waals surface area (Å²) in [5.74, 6) is 1.71. The van der Waals surface area contributed by atoms with Gasteiger partial charge < -0.3 is 10.2 Å². The summed E-state index contributed by atoms with van der Waals surface area (Å²) in [4.78, 5) is 6.95. The maximum atomic E-state index is 4.57. The fourth-order valence-corrected chi connectivity index (χ4v) is 2.76. The first-order valence-electron chi connectivity index (χ1n) is 6.43. The predicted molar refractivity (Wildman–Crippen MR) is 71.6 cm³/mol. The van der Waals surface area contributed by atoms with E-state index in [2.05, 4.69) is 53.3 Å². The second-order valence-corrected chi connectivity index (χ2v) is 5.05. The lowest BCUT2D eigenvalue weighted by Crippen LogP contribution is -2.50. The fraction of sp³-hybridized carbons (Fsp3) is 0.500. The van der Waals surface area contributed by atoms with E-state index in [0.717, 1.165) is 19.0 Å². The number of nitrogens with one attached hydrogen (secondary N) is 1. The third-order valence-corrected chi connectivity index (χ3v) is 3.91. The van der Waals surface area contributed by atoms with E-state index in [1.807, 2.05) is 0 Å². The fourth-order valence-electron chi connectivity index (χ4n) is 2.76. The maximum Gasteiger partial charge on any atom is 0.198 e. The van der Waals surface area contributed by atoms with Crippen LogP contribution in [0.25, 0.3) is 0 Å². The van der Waals surface area contributed by atoms with Crippen molar-refractivity contribution in [2.24, 2.45) is 10.9 Å². The van der Waals surface area contributed by atoms with Gasteiger partial charge in [-0.15, -0.1) is 0 Å². The molecule has 0 bridgehead atoms. The molecule has 1 aromatic rings. The van der Waals surface area contributed by atoms with E-state index in [4.69, 9.17) is 0 Å². The third kappa shape index (κ3) is 1.70. The molecule has 2 heterocycles. The molecule has 0 aromatic heterocycles. The van der Waals surface area contributed by atoms with E-state index < -0.39 is 0 Å². The first-order valence-corrected chi connectivity index (χ1v) is 6.43. The molecule has 2 atom stereocenters. The summed E-state index contributed by atoms with van der Waals surface area (Å²) in [7, 11) is 0. The first-order chi connectivity index (χ1) is 8.27. The van der Waals surface area contributed by atoms with Crippen molar-refractivity contribution in [3.63, 3.8) is 0 Å². The molecule has 0 spiro atoms. The lowest BCUT2D eigenvalue weighted by Gasteiger charge is -2.40. The van der Waals surface area contributed by atoms with Gasteiger partial charge >= 0.3 is 0 Å². The highest BCUT2D eigenvalue weighted by atomic mass is 15.3. The second kappa shape index (κ2) is 4.06. The van der Waals surface area contributed by atoms with E-state index in [1.54, 1.807) is 0 Å².